The van der Waals surface area contributed by atoms with Gasteiger partial charge in [0.25, 0.3) is 0 Å². The maximum Gasteiger partial charge on any atom is 0.203 e. The quantitative estimate of drug-likeness (QED) is 0.542. The van der Waals surface area contributed by atoms with Crippen LogP contribution in [0.3, 0.4) is 0 Å². The molecule has 0 aliphatic carbocycles. The van der Waals surface area contributed by atoms with Crippen molar-refractivity contribution in [2.45, 2.75) is 12.6 Å². The largest absolute Gasteiger partial charge is 0.290 e. The van der Waals surface area contributed by atoms with Crippen molar-refractivity contribution in [2.24, 2.45) is 0 Å². The van der Waals surface area contributed by atoms with Crippen LogP contribution in [0.15, 0.2) is 0 Å². The molecule has 0 saturated carbocycles. The molecule has 5 nitrogen and oxygen atoms in total. The highest BCUT2D eigenvalue weighted by Crippen LogP contribution is 1.91. The summed E-state index contributed by atoms with van der Waals surface area (Å²) in [5.41, 5.74) is 0. The van der Waals surface area contributed by atoms with E-state index in [1.54, 1.807) is 0 Å². The maximum atomic E-state index is 2.33. The van der Waals surface area contributed by atoms with Crippen LogP contribution in [-0.2, 0) is 0 Å². The van der Waals surface area contributed by atoms with Crippen molar-refractivity contribution < 1.29 is 5.32 Å². The molecule has 0 rings (SSSR count). The third kappa shape index (κ3) is 4.90. The van der Waals surface area contributed by atoms with Gasteiger partial charge in [-0.25, -0.2) is 19.6 Å². The van der Waals surface area contributed by atoms with Crippen LogP contribution in [0, 0.1) is 0 Å². The average Bonchev–Trinajstić information content (AvgIpc) is 2.01. The summed E-state index contributed by atoms with van der Waals surface area (Å²) in [4.78, 5) is 8.83. The number of nitrogens with two attached hydrogens (primary N) is 1. The number of hydrogen-bond donors (Lipinski definition) is 1. The van der Waals surface area contributed by atoms with Gasteiger partial charge in [0.1, 0.15) is 0 Å². The van der Waals surface area contributed by atoms with Gasteiger partial charge in [0, 0.05) is 0 Å². The molecule has 5 heteroatoms. The van der Waals surface area contributed by atoms with E-state index in [1.807, 2.05) is 0 Å². The molecule has 0 aliphatic heterocycles. The van der Waals surface area contributed by atoms with Gasteiger partial charge in [0.15, 0.2) is 0 Å². The molecule has 0 spiro atoms. The summed E-state index contributed by atoms with van der Waals surface area (Å²) in [7, 11) is 16.8. The molecule has 0 atom stereocenters. The first-order valence-electron chi connectivity index (χ1n) is 5.28. The minimum atomic E-state index is 0.347. The first-order valence-corrected chi connectivity index (χ1v) is 5.28. The van der Waals surface area contributed by atoms with Crippen molar-refractivity contribution in [1.29, 1.82) is 0 Å². The lowest BCUT2D eigenvalue weighted by atomic mass is 10.5. The molecule has 0 bridgehead atoms. The highest BCUT2D eigenvalue weighted by atomic mass is 15.5. The molecule has 2 N–H and O–H groups in total. The zero-order valence-electron chi connectivity index (χ0n) is 11.5. The molecule has 15 heavy (non-hydrogen) atoms. The van der Waals surface area contributed by atoms with E-state index in [-0.39, 0.29) is 0 Å². The normalized spacial score (nSPS) is 13.2. The molecule has 0 aromatic carbocycles. The minimum Gasteiger partial charge on any atom is -0.290 e. The predicted octanol–water partition coefficient (Wildman–Crippen LogP) is -1.64. The second kappa shape index (κ2) is 6.40. The van der Waals surface area contributed by atoms with E-state index in [0.29, 0.717) is 12.6 Å². The second-order valence-corrected chi connectivity index (χ2v) is 4.87. The molecular weight excluding hydrogens is 190 g/mol. The zero-order valence-corrected chi connectivity index (χ0v) is 11.5. The van der Waals surface area contributed by atoms with Crippen molar-refractivity contribution in [3.05, 3.63) is 0 Å². The summed E-state index contributed by atoms with van der Waals surface area (Å²) in [5, 5.41) is 2.33. The van der Waals surface area contributed by atoms with Gasteiger partial charge in [0.2, 0.25) is 12.6 Å². The molecule has 0 heterocycles. The number of nitrogens with zero attached hydrogens (tertiary/aromatic N) is 4. The van der Waals surface area contributed by atoms with E-state index in [0.717, 1.165) is 0 Å². The van der Waals surface area contributed by atoms with E-state index in [4.69, 9.17) is 0 Å². The molecule has 0 aliphatic rings. The Hall–Kier alpha value is -0.200. The lowest BCUT2D eigenvalue weighted by molar-refractivity contribution is -0.785. The Morgan fingerprint density at radius 2 is 0.733 bits per heavy atom. The third-order valence-corrected chi connectivity index (χ3v) is 2.46. The summed E-state index contributed by atoms with van der Waals surface area (Å²) < 4.78 is 0. The Labute approximate surface area is 94.6 Å². The Bertz CT molecular complexity index is 133. The van der Waals surface area contributed by atoms with Gasteiger partial charge in [-0.3, -0.25) is 5.32 Å². The topological polar surface area (TPSA) is 29.6 Å². The standard InChI is InChI=1S/C10H27N5/c1-12(2)9(13(3)4)11-10(14(5)6)15(7)8/h9-11H,1-8H3/p+1. The Morgan fingerprint density at radius 1 is 0.533 bits per heavy atom. The van der Waals surface area contributed by atoms with Crippen LogP contribution in [0.2, 0.25) is 0 Å². The fraction of sp³-hybridized carbons (Fsp3) is 1.00. The van der Waals surface area contributed by atoms with Gasteiger partial charge in [0.05, 0.1) is 0 Å². The SMILES string of the molecule is CN(C)C([NH2+]C(N(C)C)N(C)C)N(C)C. The smallest absolute Gasteiger partial charge is 0.203 e. The van der Waals surface area contributed by atoms with Crippen molar-refractivity contribution in [2.75, 3.05) is 56.4 Å². The van der Waals surface area contributed by atoms with Crippen LogP contribution < -0.4 is 5.32 Å². The van der Waals surface area contributed by atoms with Gasteiger partial charge in [-0.05, 0) is 56.4 Å². The van der Waals surface area contributed by atoms with Crippen LogP contribution in [0.5, 0.6) is 0 Å². The molecule has 0 amide bonds. The number of hydrogen-bond acceptors (Lipinski definition) is 4. The van der Waals surface area contributed by atoms with Gasteiger partial charge < -0.3 is 0 Å². The molecule has 0 radical (unpaired) electrons. The zero-order chi connectivity index (χ0) is 12.2. The van der Waals surface area contributed by atoms with Crippen LogP contribution in [0.25, 0.3) is 0 Å². The molecule has 92 valence electrons. The van der Waals surface area contributed by atoms with E-state index in [2.05, 4.69) is 81.3 Å². The molecule has 0 unspecified atom stereocenters. The number of rotatable bonds is 6. The van der Waals surface area contributed by atoms with E-state index in [1.165, 1.54) is 0 Å². The first kappa shape index (κ1) is 14.8. The van der Waals surface area contributed by atoms with E-state index >= 15 is 0 Å². The van der Waals surface area contributed by atoms with Crippen molar-refractivity contribution in [1.82, 2.24) is 19.6 Å². The van der Waals surface area contributed by atoms with Crippen LogP contribution in [-0.4, -0.2) is 88.6 Å². The number of quaternary nitrogens is 1. The molecule has 0 saturated heterocycles. The summed E-state index contributed by atoms with van der Waals surface area (Å²) in [6.07, 6.45) is 0.694. The fourth-order valence-corrected chi connectivity index (χ4v) is 1.77. The first-order chi connectivity index (χ1) is 6.77. The Kier molecular flexibility index (Phi) is 6.31. The Morgan fingerprint density at radius 3 is 0.867 bits per heavy atom. The molecular formula is C10H28N5+. The Balaban J connectivity index is 4.48. The maximum absolute atomic E-state index is 2.33. The fourth-order valence-electron chi connectivity index (χ4n) is 1.77. The van der Waals surface area contributed by atoms with Crippen LogP contribution in [0.1, 0.15) is 0 Å². The summed E-state index contributed by atoms with van der Waals surface area (Å²) in [6.45, 7) is 0. The lowest BCUT2D eigenvalue weighted by Gasteiger charge is -2.35. The minimum absolute atomic E-state index is 0.347. The van der Waals surface area contributed by atoms with E-state index in [9.17, 15) is 0 Å². The van der Waals surface area contributed by atoms with Crippen molar-refractivity contribution >= 4 is 0 Å². The summed E-state index contributed by atoms with van der Waals surface area (Å²) in [6, 6.07) is 0. The predicted molar refractivity (Wildman–Crippen MR) is 64.2 cm³/mol. The van der Waals surface area contributed by atoms with Gasteiger partial charge in [-0.2, -0.15) is 0 Å². The monoisotopic (exact) mass is 218 g/mol. The highest BCUT2D eigenvalue weighted by molar-refractivity contribution is 4.51. The third-order valence-electron chi connectivity index (χ3n) is 2.46. The lowest BCUT2D eigenvalue weighted by Crippen LogP contribution is -3.04. The van der Waals surface area contributed by atoms with Crippen LogP contribution in [0.4, 0.5) is 0 Å². The van der Waals surface area contributed by atoms with Crippen molar-refractivity contribution in [3.8, 4) is 0 Å². The van der Waals surface area contributed by atoms with Crippen LogP contribution >= 0.6 is 0 Å². The van der Waals surface area contributed by atoms with Gasteiger partial charge in [-0.15, -0.1) is 0 Å². The molecule has 0 fully saturated rings. The van der Waals surface area contributed by atoms with Gasteiger partial charge in [-0.1, -0.05) is 0 Å². The summed E-state index contributed by atoms with van der Waals surface area (Å²) in [5.74, 6) is 0. The molecule has 0 aromatic rings. The summed E-state index contributed by atoms with van der Waals surface area (Å²) >= 11 is 0. The average molecular weight is 218 g/mol. The second-order valence-electron chi connectivity index (χ2n) is 4.87. The van der Waals surface area contributed by atoms with E-state index < -0.39 is 0 Å². The highest BCUT2D eigenvalue weighted by Gasteiger charge is 2.25. The van der Waals surface area contributed by atoms with Gasteiger partial charge >= 0.3 is 0 Å². The van der Waals surface area contributed by atoms with Crippen molar-refractivity contribution in [3.63, 3.8) is 0 Å². The molecule has 0 aromatic heterocycles.